The van der Waals surface area contributed by atoms with Crippen LogP contribution >= 0.6 is 35.0 Å². The van der Waals surface area contributed by atoms with Crippen LogP contribution in [0.5, 0.6) is 0 Å². The van der Waals surface area contributed by atoms with Gasteiger partial charge in [-0.05, 0) is 26.0 Å². The fraction of sp³-hybridized carbons (Fsp3) is 0.400. The molecule has 23 heavy (non-hydrogen) atoms. The van der Waals surface area contributed by atoms with Crippen molar-refractivity contribution in [3.63, 3.8) is 0 Å². The van der Waals surface area contributed by atoms with Crippen molar-refractivity contribution < 1.29 is 9.59 Å². The largest absolute Gasteiger partial charge is 0.352 e. The molecule has 0 aromatic heterocycles. The van der Waals surface area contributed by atoms with E-state index in [1.54, 1.807) is 18.2 Å². The summed E-state index contributed by atoms with van der Waals surface area (Å²) in [4.78, 5) is 30.2. The number of carbonyl (C=O) groups excluding carboxylic acids is 2. The van der Waals surface area contributed by atoms with Gasteiger partial charge in [-0.2, -0.15) is 4.99 Å². The number of amides is 2. The van der Waals surface area contributed by atoms with Gasteiger partial charge in [0.25, 0.3) is 5.91 Å². The standard InChI is InChI=1S/C15H17Cl2N3O2S/c1-3-20(4-2)15-19-14(22)11(23-15)8-12(21)18-10-7-5-6-9(16)13(10)17/h5-7,11H,3-4,8H2,1-2H3,(H,18,21). The Labute approximate surface area is 149 Å². The number of nitrogens with zero attached hydrogens (tertiary/aromatic N) is 2. The van der Waals surface area contributed by atoms with Crippen molar-refractivity contribution >= 4 is 57.6 Å². The highest BCUT2D eigenvalue weighted by atomic mass is 35.5. The lowest BCUT2D eigenvalue weighted by Gasteiger charge is -2.19. The van der Waals surface area contributed by atoms with Crippen LogP contribution in [-0.2, 0) is 9.59 Å². The summed E-state index contributed by atoms with van der Waals surface area (Å²) in [6, 6.07) is 4.99. The maximum atomic E-state index is 12.2. The molecular formula is C15H17Cl2N3O2S. The van der Waals surface area contributed by atoms with Crippen molar-refractivity contribution in [2.45, 2.75) is 25.5 Å². The quantitative estimate of drug-likeness (QED) is 0.855. The van der Waals surface area contributed by atoms with Crippen molar-refractivity contribution in [3.05, 3.63) is 28.2 Å². The Bertz CT molecular complexity index is 648. The van der Waals surface area contributed by atoms with Gasteiger partial charge in [-0.1, -0.05) is 41.0 Å². The lowest BCUT2D eigenvalue weighted by atomic mass is 10.2. The zero-order chi connectivity index (χ0) is 17.0. The molecule has 0 bridgehead atoms. The van der Waals surface area contributed by atoms with E-state index in [9.17, 15) is 9.59 Å². The number of halogens is 2. The highest BCUT2D eigenvalue weighted by molar-refractivity contribution is 8.15. The van der Waals surface area contributed by atoms with Crippen LogP contribution in [0.3, 0.4) is 0 Å². The minimum atomic E-state index is -0.497. The molecule has 1 atom stereocenters. The van der Waals surface area contributed by atoms with Gasteiger partial charge in [0.2, 0.25) is 5.91 Å². The monoisotopic (exact) mass is 373 g/mol. The van der Waals surface area contributed by atoms with E-state index in [0.29, 0.717) is 15.9 Å². The van der Waals surface area contributed by atoms with Gasteiger partial charge in [-0.3, -0.25) is 9.59 Å². The van der Waals surface area contributed by atoms with Crippen LogP contribution in [0, 0.1) is 0 Å². The Kier molecular flexibility index (Phi) is 6.33. The summed E-state index contributed by atoms with van der Waals surface area (Å²) in [6.07, 6.45) is 0.0423. The molecule has 0 saturated carbocycles. The molecule has 0 radical (unpaired) electrons. The van der Waals surface area contributed by atoms with E-state index in [1.165, 1.54) is 11.8 Å². The number of rotatable bonds is 5. The van der Waals surface area contributed by atoms with E-state index in [2.05, 4.69) is 10.3 Å². The summed E-state index contributed by atoms with van der Waals surface area (Å²) < 4.78 is 0. The summed E-state index contributed by atoms with van der Waals surface area (Å²) in [6.45, 7) is 5.54. The first-order valence-corrected chi connectivity index (χ1v) is 8.87. The van der Waals surface area contributed by atoms with E-state index in [1.807, 2.05) is 18.7 Å². The average molecular weight is 374 g/mol. The minimum absolute atomic E-state index is 0.0423. The number of aliphatic imine (C=N–C) groups is 1. The molecule has 5 nitrogen and oxygen atoms in total. The molecule has 124 valence electrons. The second kappa shape index (κ2) is 8.04. The molecule has 0 aliphatic carbocycles. The Balaban J connectivity index is 1.97. The first-order valence-electron chi connectivity index (χ1n) is 7.24. The fourth-order valence-electron chi connectivity index (χ4n) is 2.11. The Morgan fingerprint density at radius 1 is 1.35 bits per heavy atom. The van der Waals surface area contributed by atoms with Crippen LogP contribution in [0.4, 0.5) is 5.69 Å². The minimum Gasteiger partial charge on any atom is -0.352 e. The predicted molar refractivity (Wildman–Crippen MR) is 96.5 cm³/mol. The summed E-state index contributed by atoms with van der Waals surface area (Å²) in [5, 5.41) is 3.52. The number of hydrogen-bond acceptors (Lipinski definition) is 4. The molecule has 1 aromatic carbocycles. The summed E-state index contributed by atoms with van der Waals surface area (Å²) in [5.74, 6) is -0.569. The van der Waals surface area contributed by atoms with Crippen molar-refractivity contribution in [2.75, 3.05) is 18.4 Å². The molecule has 1 aliphatic heterocycles. The van der Waals surface area contributed by atoms with Crippen LogP contribution in [0.25, 0.3) is 0 Å². The third-order valence-electron chi connectivity index (χ3n) is 3.36. The van der Waals surface area contributed by atoms with Gasteiger partial charge in [0.15, 0.2) is 5.17 Å². The first-order chi connectivity index (χ1) is 11.0. The Morgan fingerprint density at radius 2 is 2.04 bits per heavy atom. The summed E-state index contributed by atoms with van der Waals surface area (Å²) >= 11 is 13.3. The van der Waals surface area contributed by atoms with Gasteiger partial charge in [0, 0.05) is 19.5 Å². The summed E-state index contributed by atoms with van der Waals surface area (Å²) in [5.41, 5.74) is 0.435. The number of anilines is 1. The average Bonchev–Trinajstić information content (AvgIpc) is 2.86. The summed E-state index contributed by atoms with van der Waals surface area (Å²) in [7, 11) is 0. The molecule has 2 rings (SSSR count). The normalized spacial score (nSPS) is 17.1. The number of hydrogen-bond donors (Lipinski definition) is 1. The second-order valence-corrected chi connectivity index (χ2v) is 6.82. The third-order valence-corrected chi connectivity index (χ3v) is 5.39. The molecule has 0 fully saturated rings. The highest BCUT2D eigenvalue weighted by Crippen LogP contribution is 2.31. The molecule has 1 aromatic rings. The predicted octanol–water partition coefficient (Wildman–Crippen LogP) is 3.66. The molecule has 8 heteroatoms. The Morgan fingerprint density at radius 3 is 2.70 bits per heavy atom. The molecule has 0 saturated heterocycles. The molecule has 0 spiro atoms. The van der Waals surface area contributed by atoms with E-state index in [4.69, 9.17) is 23.2 Å². The molecule has 1 unspecified atom stereocenters. The number of thioether (sulfide) groups is 1. The van der Waals surface area contributed by atoms with Crippen LogP contribution in [0.2, 0.25) is 10.0 Å². The first kappa shape index (κ1) is 18.1. The smallest absolute Gasteiger partial charge is 0.262 e. The second-order valence-electron chi connectivity index (χ2n) is 4.87. The van der Waals surface area contributed by atoms with E-state index >= 15 is 0 Å². The van der Waals surface area contributed by atoms with Crippen LogP contribution in [0.15, 0.2) is 23.2 Å². The lowest BCUT2D eigenvalue weighted by Crippen LogP contribution is -2.27. The number of amidine groups is 1. The van der Waals surface area contributed by atoms with Gasteiger partial charge in [0.1, 0.15) is 5.25 Å². The van der Waals surface area contributed by atoms with Gasteiger partial charge in [-0.15, -0.1) is 0 Å². The zero-order valence-electron chi connectivity index (χ0n) is 12.8. The van der Waals surface area contributed by atoms with Crippen molar-refractivity contribution in [3.8, 4) is 0 Å². The van der Waals surface area contributed by atoms with E-state index in [0.717, 1.165) is 13.1 Å². The van der Waals surface area contributed by atoms with Crippen LogP contribution < -0.4 is 5.32 Å². The topological polar surface area (TPSA) is 61.8 Å². The van der Waals surface area contributed by atoms with Crippen molar-refractivity contribution in [2.24, 2.45) is 4.99 Å². The fourth-order valence-corrected chi connectivity index (χ4v) is 3.65. The highest BCUT2D eigenvalue weighted by Gasteiger charge is 2.32. The lowest BCUT2D eigenvalue weighted by molar-refractivity contribution is -0.121. The van der Waals surface area contributed by atoms with Crippen molar-refractivity contribution in [1.82, 2.24) is 4.90 Å². The van der Waals surface area contributed by atoms with Crippen LogP contribution in [0.1, 0.15) is 20.3 Å². The Hall–Kier alpha value is -1.24. The van der Waals surface area contributed by atoms with Gasteiger partial charge in [-0.25, -0.2) is 0 Å². The van der Waals surface area contributed by atoms with Gasteiger partial charge < -0.3 is 10.2 Å². The maximum Gasteiger partial charge on any atom is 0.262 e. The molecule has 2 amide bonds. The SMILES string of the molecule is CCN(CC)C1=NC(=O)C(CC(=O)Nc2cccc(Cl)c2Cl)S1. The molecule has 1 N–H and O–H groups in total. The van der Waals surface area contributed by atoms with Gasteiger partial charge >= 0.3 is 0 Å². The molecule has 1 heterocycles. The zero-order valence-corrected chi connectivity index (χ0v) is 15.1. The van der Waals surface area contributed by atoms with Crippen molar-refractivity contribution in [1.29, 1.82) is 0 Å². The third kappa shape index (κ3) is 4.40. The molecule has 1 aliphatic rings. The van der Waals surface area contributed by atoms with Crippen LogP contribution in [-0.4, -0.2) is 40.2 Å². The maximum absolute atomic E-state index is 12.2. The number of nitrogens with one attached hydrogen (secondary N) is 1. The van der Waals surface area contributed by atoms with E-state index < -0.39 is 5.25 Å². The number of benzene rings is 1. The number of carbonyl (C=O) groups is 2. The molecular weight excluding hydrogens is 357 g/mol. The van der Waals surface area contributed by atoms with Gasteiger partial charge in [0.05, 0.1) is 15.7 Å². The van der Waals surface area contributed by atoms with E-state index in [-0.39, 0.29) is 23.3 Å².